The first kappa shape index (κ1) is 18.8. The molecule has 0 bridgehead atoms. The van der Waals surface area contributed by atoms with Crippen molar-refractivity contribution in [2.24, 2.45) is 5.92 Å². The molecule has 2 rings (SSSR count). The molecule has 0 saturated carbocycles. The van der Waals surface area contributed by atoms with Gasteiger partial charge in [-0.25, -0.2) is 9.97 Å². The van der Waals surface area contributed by atoms with Gasteiger partial charge in [-0.05, 0) is 41.9 Å². The van der Waals surface area contributed by atoms with Crippen molar-refractivity contribution in [3.05, 3.63) is 18.5 Å². The number of nitrogens with one attached hydrogen (secondary N) is 1. The Morgan fingerprint density at radius 2 is 1.91 bits per heavy atom. The standard InChI is InChI=1S/C15H25N3O2S2Si/c1-10(20-23(5,6)15(2,3)4)11-12(19)18-13(11)21-22-14-16-8-7-9-17-14/h7-11,13H,1-6H3,(H,18,19)/t10-,11+,13-/m1/s1. The van der Waals surface area contributed by atoms with Gasteiger partial charge in [0.05, 0.1) is 17.4 Å². The topological polar surface area (TPSA) is 64.1 Å². The van der Waals surface area contributed by atoms with Gasteiger partial charge in [-0.1, -0.05) is 31.6 Å². The largest absolute Gasteiger partial charge is 0.413 e. The van der Waals surface area contributed by atoms with Crippen molar-refractivity contribution >= 4 is 35.8 Å². The molecule has 2 heterocycles. The maximum absolute atomic E-state index is 12.0. The SMILES string of the molecule is C[C@@H](O[Si](C)(C)C(C)(C)C)[C@H]1C(=O)N[C@@H]1SSc1ncccn1. The van der Waals surface area contributed by atoms with Gasteiger partial charge in [0.1, 0.15) is 0 Å². The summed E-state index contributed by atoms with van der Waals surface area (Å²) in [5.41, 5.74) is 0. The smallest absolute Gasteiger partial charge is 0.229 e. The van der Waals surface area contributed by atoms with Gasteiger partial charge in [0.15, 0.2) is 13.5 Å². The third-order valence-corrected chi connectivity index (χ3v) is 11.5. The molecule has 1 saturated heterocycles. The highest BCUT2D eigenvalue weighted by atomic mass is 33.1. The van der Waals surface area contributed by atoms with Crippen molar-refractivity contribution in [3.63, 3.8) is 0 Å². The highest BCUT2D eigenvalue weighted by molar-refractivity contribution is 8.76. The van der Waals surface area contributed by atoms with Crippen LogP contribution in [0.15, 0.2) is 23.6 Å². The molecule has 0 aromatic carbocycles. The number of amides is 1. The highest BCUT2D eigenvalue weighted by Gasteiger charge is 2.47. The molecule has 1 aromatic rings. The molecular weight excluding hydrogens is 346 g/mol. The van der Waals surface area contributed by atoms with Crippen LogP contribution in [0.1, 0.15) is 27.7 Å². The minimum atomic E-state index is -1.88. The van der Waals surface area contributed by atoms with Crippen molar-refractivity contribution in [3.8, 4) is 0 Å². The van der Waals surface area contributed by atoms with Gasteiger partial charge >= 0.3 is 0 Å². The lowest BCUT2D eigenvalue weighted by atomic mass is 9.96. The molecule has 3 atom stereocenters. The van der Waals surface area contributed by atoms with Crippen molar-refractivity contribution in [1.29, 1.82) is 0 Å². The van der Waals surface area contributed by atoms with Gasteiger partial charge in [0.2, 0.25) is 5.91 Å². The highest BCUT2D eigenvalue weighted by Crippen LogP contribution is 2.42. The van der Waals surface area contributed by atoms with Crippen LogP contribution >= 0.6 is 21.6 Å². The molecule has 0 unspecified atom stereocenters. The zero-order chi connectivity index (χ0) is 17.3. The first-order valence-electron chi connectivity index (χ1n) is 7.70. The van der Waals surface area contributed by atoms with Gasteiger partial charge in [-0.2, -0.15) is 0 Å². The van der Waals surface area contributed by atoms with Gasteiger partial charge in [-0.3, -0.25) is 4.79 Å². The first-order chi connectivity index (χ1) is 10.6. The number of carbonyl (C=O) groups excluding carboxylic acids is 1. The van der Waals surface area contributed by atoms with Crippen LogP contribution in [-0.2, 0) is 9.22 Å². The van der Waals surface area contributed by atoms with E-state index in [1.165, 1.54) is 10.8 Å². The normalized spacial score (nSPS) is 23.1. The number of nitrogens with zero attached hydrogens (tertiary/aromatic N) is 2. The van der Waals surface area contributed by atoms with E-state index in [0.717, 1.165) is 0 Å². The van der Waals surface area contributed by atoms with Crippen LogP contribution in [0.2, 0.25) is 18.1 Å². The molecule has 8 heteroatoms. The summed E-state index contributed by atoms with van der Waals surface area (Å²) in [7, 11) is 1.19. The number of hydrogen-bond donors (Lipinski definition) is 1. The van der Waals surface area contributed by atoms with Crippen LogP contribution in [0, 0.1) is 5.92 Å². The summed E-state index contributed by atoms with van der Waals surface area (Å²) in [6.07, 6.45) is 3.35. The fourth-order valence-corrected chi connectivity index (χ4v) is 5.84. The molecule has 0 aliphatic carbocycles. The van der Waals surface area contributed by atoms with Crippen LogP contribution in [0.3, 0.4) is 0 Å². The second-order valence-corrected chi connectivity index (χ2v) is 14.3. The van der Waals surface area contributed by atoms with E-state index in [4.69, 9.17) is 4.43 Å². The number of hydrogen-bond acceptors (Lipinski definition) is 6. The van der Waals surface area contributed by atoms with Gasteiger partial charge in [0.25, 0.3) is 0 Å². The molecule has 1 fully saturated rings. The van der Waals surface area contributed by atoms with Crippen LogP contribution in [-0.4, -0.2) is 35.7 Å². The summed E-state index contributed by atoms with van der Waals surface area (Å²) in [4.78, 5) is 20.4. The van der Waals surface area contributed by atoms with E-state index in [9.17, 15) is 4.79 Å². The van der Waals surface area contributed by atoms with Crippen LogP contribution in [0.5, 0.6) is 0 Å². The predicted octanol–water partition coefficient (Wildman–Crippen LogP) is 3.70. The van der Waals surface area contributed by atoms with Crippen molar-refractivity contribution in [1.82, 2.24) is 15.3 Å². The van der Waals surface area contributed by atoms with E-state index in [1.54, 1.807) is 29.3 Å². The average molecular weight is 372 g/mol. The Labute approximate surface area is 147 Å². The maximum Gasteiger partial charge on any atom is 0.229 e. The molecule has 0 radical (unpaired) electrons. The summed E-state index contributed by atoms with van der Waals surface area (Å²) in [6.45, 7) is 13.1. The molecule has 0 spiro atoms. The summed E-state index contributed by atoms with van der Waals surface area (Å²) in [5, 5.41) is 3.83. The lowest BCUT2D eigenvalue weighted by Gasteiger charge is -2.44. The molecule has 128 valence electrons. The second kappa shape index (κ2) is 7.12. The maximum atomic E-state index is 12.0. The van der Waals surface area contributed by atoms with Crippen molar-refractivity contribution < 1.29 is 9.22 Å². The fraction of sp³-hybridized carbons (Fsp3) is 0.667. The van der Waals surface area contributed by atoms with E-state index in [0.29, 0.717) is 5.16 Å². The minimum Gasteiger partial charge on any atom is -0.413 e. The molecule has 1 N–H and O–H groups in total. The van der Waals surface area contributed by atoms with Gasteiger partial charge in [-0.15, -0.1) is 0 Å². The Hall–Kier alpha value is -0.573. The predicted molar refractivity (Wildman–Crippen MR) is 98.6 cm³/mol. The minimum absolute atomic E-state index is 0.0380. The Bertz CT molecular complexity index is 551. The third kappa shape index (κ3) is 4.49. The van der Waals surface area contributed by atoms with Crippen LogP contribution in [0.25, 0.3) is 0 Å². The molecule has 1 aliphatic rings. The zero-order valence-electron chi connectivity index (χ0n) is 14.5. The van der Waals surface area contributed by atoms with E-state index in [2.05, 4.69) is 49.1 Å². The number of aromatic nitrogens is 2. The molecule has 5 nitrogen and oxygen atoms in total. The Morgan fingerprint density at radius 3 is 2.43 bits per heavy atom. The number of β-lactam (4-membered cyclic amide) rings is 1. The Balaban J connectivity index is 1.93. The van der Waals surface area contributed by atoms with Crippen molar-refractivity contribution in [2.75, 3.05) is 0 Å². The molecule has 1 aromatic heterocycles. The summed E-state index contributed by atoms with van der Waals surface area (Å²) in [5.74, 6) is -0.0476. The summed E-state index contributed by atoms with van der Waals surface area (Å²) in [6, 6.07) is 1.79. The molecular formula is C15H25N3O2S2Si. The Morgan fingerprint density at radius 1 is 1.30 bits per heavy atom. The molecule has 1 aliphatic heterocycles. The van der Waals surface area contributed by atoms with E-state index >= 15 is 0 Å². The van der Waals surface area contributed by atoms with Crippen LogP contribution in [0.4, 0.5) is 0 Å². The van der Waals surface area contributed by atoms with Crippen molar-refractivity contribution in [2.45, 2.75) is 62.5 Å². The van der Waals surface area contributed by atoms with Gasteiger partial charge < -0.3 is 9.74 Å². The van der Waals surface area contributed by atoms with E-state index in [1.807, 2.05) is 6.92 Å². The van der Waals surface area contributed by atoms with E-state index in [-0.39, 0.29) is 28.3 Å². The summed E-state index contributed by atoms with van der Waals surface area (Å²) < 4.78 is 6.38. The summed E-state index contributed by atoms with van der Waals surface area (Å²) >= 11 is 0. The monoisotopic (exact) mass is 371 g/mol. The van der Waals surface area contributed by atoms with Gasteiger partial charge in [0, 0.05) is 12.4 Å². The number of rotatable bonds is 6. The molecule has 23 heavy (non-hydrogen) atoms. The lowest BCUT2D eigenvalue weighted by Crippen LogP contribution is -2.62. The Kier molecular flexibility index (Phi) is 5.81. The quantitative estimate of drug-likeness (QED) is 0.356. The first-order valence-corrected chi connectivity index (χ1v) is 12.8. The van der Waals surface area contributed by atoms with Crippen LogP contribution < -0.4 is 5.32 Å². The average Bonchev–Trinajstić information content (AvgIpc) is 2.42. The number of carbonyl (C=O) groups is 1. The lowest BCUT2D eigenvalue weighted by molar-refractivity contribution is -0.136. The van der Waals surface area contributed by atoms with E-state index < -0.39 is 8.32 Å². The second-order valence-electron chi connectivity index (χ2n) is 7.25. The third-order valence-electron chi connectivity index (χ3n) is 4.47. The zero-order valence-corrected chi connectivity index (χ0v) is 17.1. The fourth-order valence-electron chi connectivity index (χ4n) is 2.05. The molecule has 1 amide bonds.